The number of alkyl carbamates (subject to hydrolysis) is 1. The Morgan fingerprint density at radius 3 is 2.00 bits per heavy atom. The summed E-state index contributed by atoms with van der Waals surface area (Å²) < 4.78 is 48.9. The first-order valence-electron chi connectivity index (χ1n) is 13.2. The zero-order valence-corrected chi connectivity index (χ0v) is 26.8. The van der Waals surface area contributed by atoms with Crippen LogP contribution in [-0.2, 0) is 28.2 Å². The lowest BCUT2D eigenvalue weighted by molar-refractivity contribution is -0.00725. The summed E-state index contributed by atoms with van der Waals surface area (Å²) in [6.45, 7) is 16.6. The largest absolute Gasteiger partial charge is 0.454 e. The van der Waals surface area contributed by atoms with Crippen LogP contribution in [0.3, 0.4) is 0 Å². The number of carbonyl (C=O) groups is 2. The summed E-state index contributed by atoms with van der Waals surface area (Å²) in [5.74, 6) is -0.651. The molecule has 1 amide bonds. The van der Waals surface area contributed by atoms with Crippen molar-refractivity contribution in [3.8, 4) is 0 Å². The molecular weight excluding hydrogens is 550 g/mol. The first-order chi connectivity index (χ1) is 18.3. The molecule has 0 aromatic heterocycles. The van der Waals surface area contributed by atoms with Gasteiger partial charge in [-0.05, 0) is 70.1 Å². The molecule has 0 aliphatic heterocycles. The van der Waals surface area contributed by atoms with Crippen LogP contribution >= 0.6 is 0 Å². The van der Waals surface area contributed by atoms with Crippen LogP contribution in [0.4, 0.5) is 4.79 Å². The highest BCUT2D eigenvalue weighted by molar-refractivity contribution is 7.86. The smallest absolute Gasteiger partial charge is 0.408 e. The van der Waals surface area contributed by atoms with E-state index in [4.69, 9.17) is 18.1 Å². The number of carbonyl (C=O) groups excluding carboxylic acids is 2. The van der Waals surface area contributed by atoms with Gasteiger partial charge in [-0.25, -0.2) is 9.59 Å². The third-order valence-electron chi connectivity index (χ3n) is 6.55. The molecule has 0 bridgehead atoms. The van der Waals surface area contributed by atoms with Gasteiger partial charge in [0, 0.05) is 0 Å². The molecule has 2 rings (SSSR count). The van der Waals surface area contributed by atoms with Gasteiger partial charge in [-0.3, -0.25) is 4.18 Å². The van der Waals surface area contributed by atoms with E-state index in [1.54, 1.807) is 63.2 Å². The Morgan fingerprint density at radius 2 is 1.48 bits per heavy atom. The van der Waals surface area contributed by atoms with Crippen molar-refractivity contribution < 1.29 is 36.1 Å². The summed E-state index contributed by atoms with van der Waals surface area (Å²) in [5, 5.41) is 2.49. The molecule has 222 valence electrons. The summed E-state index contributed by atoms with van der Waals surface area (Å²) in [6, 6.07) is 13.4. The normalized spacial score (nSPS) is 14.2. The molecule has 0 heterocycles. The topological polar surface area (TPSA) is 117 Å². The van der Waals surface area contributed by atoms with E-state index in [0.717, 1.165) is 5.56 Å². The third kappa shape index (κ3) is 10.3. The molecule has 0 spiro atoms. The minimum atomic E-state index is -4.19. The Hall–Kier alpha value is -2.73. The lowest BCUT2D eigenvalue weighted by atomic mass is 10.1. The number of esters is 1. The van der Waals surface area contributed by atoms with Crippen LogP contribution in [0.1, 0.15) is 57.5 Å². The zero-order chi connectivity index (χ0) is 30.4. The highest BCUT2D eigenvalue weighted by atomic mass is 32.2. The van der Waals surface area contributed by atoms with Gasteiger partial charge in [0.15, 0.2) is 8.32 Å². The van der Waals surface area contributed by atoms with E-state index in [2.05, 4.69) is 26.1 Å². The quantitative estimate of drug-likeness (QED) is 0.196. The Bertz CT molecular complexity index is 1230. The van der Waals surface area contributed by atoms with Crippen molar-refractivity contribution in [2.75, 3.05) is 13.2 Å². The molecule has 2 aromatic rings. The van der Waals surface area contributed by atoms with E-state index in [9.17, 15) is 18.0 Å². The van der Waals surface area contributed by atoms with Crippen molar-refractivity contribution >= 4 is 30.5 Å². The van der Waals surface area contributed by atoms with Crippen molar-refractivity contribution in [1.29, 1.82) is 0 Å². The zero-order valence-electron chi connectivity index (χ0n) is 24.9. The number of rotatable bonds is 11. The van der Waals surface area contributed by atoms with Crippen LogP contribution in [0.15, 0.2) is 59.5 Å². The van der Waals surface area contributed by atoms with Crippen molar-refractivity contribution in [1.82, 2.24) is 5.32 Å². The SMILES string of the molecule is Cc1ccc(S(=O)(=O)OC[C@H](NC(=O)OC(C)(C)C)[C@H](CO[Si](C)(C)C(C)(C)C)OC(=O)c2ccccc2)cc1. The standard InChI is InChI=1S/C29H43NO8SSi/c1-21-15-17-23(18-16-21)39(33,34)35-19-24(30-27(32)38-28(2,3)4)25(20-36-40(8,9)29(5,6)7)37-26(31)22-13-11-10-12-14-22/h10-18,24-25H,19-20H2,1-9H3,(H,30,32)/t24-,25-/m0/s1. The molecule has 11 heteroatoms. The van der Waals surface area contributed by atoms with Gasteiger partial charge < -0.3 is 19.2 Å². The molecule has 0 aliphatic rings. The molecule has 1 N–H and O–H groups in total. The van der Waals surface area contributed by atoms with E-state index in [1.807, 2.05) is 20.0 Å². The monoisotopic (exact) mass is 593 g/mol. The van der Waals surface area contributed by atoms with E-state index < -0.39 is 54.9 Å². The average Bonchev–Trinajstić information content (AvgIpc) is 2.83. The summed E-state index contributed by atoms with van der Waals surface area (Å²) in [5.41, 5.74) is 0.361. The lowest BCUT2D eigenvalue weighted by Crippen LogP contribution is -2.53. The van der Waals surface area contributed by atoms with Crippen LogP contribution in [0.5, 0.6) is 0 Å². The summed E-state index contributed by atoms with van der Waals surface area (Å²) in [4.78, 5) is 25.9. The van der Waals surface area contributed by atoms with Crippen LogP contribution < -0.4 is 5.32 Å². The van der Waals surface area contributed by atoms with Crippen molar-refractivity contribution in [3.05, 3.63) is 65.7 Å². The minimum absolute atomic E-state index is 0.0375. The molecule has 0 aliphatic carbocycles. The Morgan fingerprint density at radius 1 is 0.900 bits per heavy atom. The van der Waals surface area contributed by atoms with Gasteiger partial charge in [-0.1, -0.05) is 56.7 Å². The van der Waals surface area contributed by atoms with Crippen LogP contribution in [0.2, 0.25) is 18.1 Å². The highest BCUT2D eigenvalue weighted by Gasteiger charge is 2.40. The number of nitrogens with one attached hydrogen (secondary N) is 1. The maximum absolute atomic E-state index is 13.1. The molecule has 2 aromatic carbocycles. The van der Waals surface area contributed by atoms with Crippen molar-refractivity contribution in [2.24, 2.45) is 0 Å². The fourth-order valence-electron chi connectivity index (χ4n) is 3.16. The maximum atomic E-state index is 13.1. The molecule has 0 fully saturated rings. The van der Waals surface area contributed by atoms with Gasteiger partial charge in [-0.2, -0.15) is 8.42 Å². The third-order valence-corrected chi connectivity index (χ3v) is 12.3. The lowest BCUT2D eigenvalue weighted by Gasteiger charge is -2.38. The van der Waals surface area contributed by atoms with E-state index in [0.29, 0.717) is 5.56 Å². The number of hydrogen-bond acceptors (Lipinski definition) is 8. The highest BCUT2D eigenvalue weighted by Crippen LogP contribution is 2.36. The van der Waals surface area contributed by atoms with Crippen molar-refractivity contribution in [3.63, 3.8) is 0 Å². The van der Waals surface area contributed by atoms with Gasteiger partial charge >= 0.3 is 12.1 Å². The van der Waals surface area contributed by atoms with Crippen LogP contribution in [0, 0.1) is 6.92 Å². The molecule has 0 radical (unpaired) electrons. The van der Waals surface area contributed by atoms with Gasteiger partial charge in [0.05, 0.1) is 29.7 Å². The number of aryl methyl sites for hydroxylation is 1. The number of benzene rings is 2. The second kappa shape index (κ2) is 13.3. The molecular formula is C29H43NO8SSi. The molecule has 9 nitrogen and oxygen atoms in total. The predicted octanol–water partition coefficient (Wildman–Crippen LogP) is 5.84. The maximum Gasteiger partial charge on any atom is 0.408 e. The second-order valence-corrected chi connectivity index (χ2v) is 18.6. The molecule has 0 unspecified atom stereocenters. The summed E-state index contributed by atoms with van der Waals surface area (Å²) >= 11 is 0. The first kappa shape index (κ1) is 33.5. The predicted molar refractivity (Wildman–Crippen MR) is 156 cm³/mol. The number of amides is 1. The summed E-state index contributed by atoms with van der Waals surface area (Å²) in [6.07, 6.45) is -1.91. The average molecular weight is 594 g/mol. The van der Waals surface area contributed by atoms with Gasteiger partial charge in [0.25, 0.3) is 10.1 Å². The Balaban J connectivity index is 2.41. The van der Waals surface area contributed by atoms with Crippen LogP contribution in [-0.4, -0.2) is 59.8 Å². The van der Waals surface area contributed by atoms with Gasteiger partial charge in [0.2, 0.25) is 0 Å². The van der Waals surface area contributed by atoms with E-state index in [1.165, 1.54) is 12.1 Å². The van der Waals surface area contributed by atoms with Gasteiger partial charge in [-0.15, -0.1) is 0 Å². The Kier molecular flexibility index (Phi) is 11.1. The number of hydrogen-bond donors (Lipinski definition) is 1. The summed E-state index contributed by atoms with van der Waals surface area (Å²) in [7, 11) is -6.52. The number of ether oxygens (including phenoxy) is 2. The minimum Gasteiger partial charge on any atom is -0.454 e. The fraction of sp³-hybridized carbons (Fsp3) is 0.517. The molecule has 40 heavy (non-hydrogen) atoms. The molecule has 2 atom stereocenters. The fourth-order valence-corrected chi connectivity index (χ4v) is 5.10. The Labute approximate surface area is 239 Å². The van der Waals surface area contributed by atoms with Crippen LogP contribution in [0.25, 0.3) is 0 Å². The molecule has 0 saturated heterocycles. The van der Waals surface area contributed by atoms with E-state index >= 15 is 0 Å². The van der Waals surface area contributed by atoms with E-state index in [-0.39, 0.29) is 16.5 Å². The first-order valence-corrected chi connectivity index (χ1v) is 17.5. The second-order valence-electron chi connectivity index (χ2n) is 12.2. The van der Waals surface area contributed by atoms with Crippen molar-refractivity contribution in [2.45, 2.75) is 89.2 Å². The molecule has 0 saturated carbocycles. The van der Waals surface area contributed by atoms with Gasteiger partial charge in [0.1, 0.15) is 11.7 Å².